The van der Waals surface area contributed by atoms with Gasteiger partial charge in [0.05, 0.1) is 5.71 Å². The molecule has 0 radical (unpaired) electrons. The molecule has 0 saturated heterocycles. The Bertz CT molecular complexity index is 657. The normalized spacial score (nSPS) is 11.1. The number of hydrogen-bond acceptors (Lipinski definition) is 3. The number of carbonyl (C=O) groups excluding carboxylic acids is 1. The number of carbonyl (C=O) groups is 1. The second-order valence-corrected chi connectivity index (χ2v) is 4.56. The highest BCUT2D eigenvalue weighted by Crippen LogP contribution is 2.11. The maximum atomic E-state index is 13.0. The zero-order chi connectivity index (χ0) is 15.8. The maximum absolute atomic E-state index is 13.0. The third-order valence-corrected chi connectivity index (χ3v) is 2.92. The van der Waals surface area contributed by atoms with Crippen LogP contribution in [0.2, 0.25) is 0 Å². The van der Waals surface area contributed by atoms with E-state index in [9.17, 15) is 9.18 Å². The van der Waals surface area contributed by atoms with Crippen LogP contribution in [0.4, 0.5) is 4.39 Å². The first kappa shape index (κ1) is 15.7. The van der Waals surface area contributed by atoms with Crippen molar-refractivity contribution < 1.29 is 13.9 Å². The Hall–Kier alpha value is -2.69. The lowest BCUT2D eigenvalue weighted by molar-refractivity contribution is -0.123. The summed E-state index contributed by atoms with van der Waals surface area (Å²) in [7, 11) is 0. The quantitative estimate of drug-likeness (QED) is 0.658. The first-order chi connectivity index (χ1) is 10.7. The lowest BCUT2D eigenvalue weighted by Gasteiger charge is -2.07. The molecule has 114 valence electrons. The molecule has 0 unspecified atom stereocenters. The summed E-state index contributed by atoms with van der Waals surface area (Å²) in [6, 6.07) is 15.2. The fourth-order valence-corrected chi connectivity index (χ4v) is 1.85. The minimum Gasteiger partial charge on any atom is -0.484 e. The summed E-state index contributed by atoms with van der Waals surface area (Å²) >= 11 is 0. The molecule has 0 bridgehead atoms. The predicted octanol–water partition coefficient (Wildman–Crippen LogP) is 3.14. The third kappa shape index (κ3) is 4.70. The van der Waals surface area contributed by atoms with Gasteiger partial charge in [0.25, 0.3) is 5.91 Å². The van der Waals surface area contributed by atoms with Crippen molar-refractivity contribution in [3.63, 3.8) is 0 Å². The Morgan fingerprint density at radius 2 is 1.95 bits per heavy atom. The van der Waals surface area contributed by atoms with Gasteiger partial charge in [-0.3, -0.25) is 4.79 Å². The lowest BCUT2D eigenvalue weighted by atomic mass is 10.1. The van der Waals surface area contributed by atoms with Crippen LogP contribution in [0.3, 0.4) is 0 Å². The standard InChI is InChI=1S/C17H17FN2O2/c1-2-16(13-7-4-3-5-8-13)19-20-17(21)12-22-15-10-6-9-14(18)11-15/h3-11H,2,12H2,1H3,(H,20,21)/b19-16-. The summed E-state index contributed by atoms with van der Waals surface area (Å²) in [4.78, 5) is 11.7. The topological polar surface area (TPSA) is 50.7 Å². The van der Waals surface area contributed by atoms with Crippen molar-refractivity contribution in [2.45, 2.75) is 13.3 Å². The van der Waals surface area contributed by atoms with E-state index in [4.69, 9.17) is 4.74 Å². The molecular weight excluding hydrogens is 283 g/mol. The van der Waals surface area contributed by atoms with Gasteiger partial charge in [-0.25, -0.2) is 9.82 Å². The van der Waals surface area contributed by atoms with E-state index in [2.05, 4.69) is 10.5 Å². The molecule has 2 aromatic carbocycles. The van der Waals surface area contributed by atoms with Gasteiger partial charge in [-0.15, -0.1) is 0 Å². The molecule has 0 fully saturated rings. The summed E-state index contributed by atoms with van der Waals surface area (Å²) in [5, 5.41) is 4.11. The monoisotopic (exact) mass is 300 g/mol. The molecule has 0 aliphatic carbocycles. The van der Waals surface area contributed by atoms with Crippen LogP contribution in [0.1, 0.15) is 18.9 Å². The lowest BCUT2D eigenvalue weighted by Crippen LogP contribution is -2.26. The smallest absolute Gasteiger partial charge is 0.277 e. The molecule has 5 heteroatoms. The molecule has 1 N–H and O–H groups in total. The number of rotatable bonds is 6. The van der Waals surface area contributed by atoms with Crippen molar-refractivity contribution >= 4 is 11.6 Å². The van der Waals surface area contributed by atoms with E-state index >= 15 is 0 Å². The van der Waals surface area contributed by atoms with Crippen LogP contribution >= 0.6 is 0 Å². The molecule has 0 aliphatic rings. The number of hydrazone groups is 1. The van der Waals surface area contributed by atoms with Crippen LogP contribution in [-0.2, 0) is 4.79 Å². The van der Waals surface area contributed by atoms with Crippen molar-refractivity contribution in [1.29, 1.82) is 0 Å². The second-order valence-electron chi connectivity index (χ2n) is 4.56. The number of nitrogens with one attached hydrogen (secondary N) is 1. The van der Waals surface area contributed by atoms with E-state index in [-0.39, 0.29) is 6.61 Å². The van der Waals surface area contributed by atoms with Crippen molar-refractivity contribution in [3.05, 3.63) is 66.0 Å². The van der Waals surface area contributed by atoms with E-state index in [1.807, 2.05) is 37.3 Å². The van der Waals surface area contributed by atoms with Crippen LogP contribution in [0, 0.1) is 5.82 Å². The summed E-state index contributed by atoms with van der Waals surface area (Å²) in [6.07, 6.45) is 0.690. The van der Waals surface area contributed by atoms with Gasteiger partial charge in [0, 0.05) is 6.07 Å². The Labute approximate surface area is 128 Å². The zero-order valence-electron chi connectivity index (χ0n) is 12.3. The van der Waals surface area contributed by atoms with E-state index in [0.29, 0.717) is 12.2 Å². The molecule has 4 nitrogen and oxygen atoms in total. The van der Waals surface area contributed by atoms with Crippen molar-refractivity contribution in [2.75, 3.05) is 6.61 Å². The van der Waals surface area contributed by atoms with E-state index in [1.165, 1.54) is 18.2 Å². The fourth-order valence-electron chi connectivity index (χ4n) is 1.85. The van der Waals surface area contributed by atoms with E-state index in [1.54, 1.807) is 6.07 Å². The van der Waals surface area contributed by atoms with Crippen LogP contribution in [-0.4, -0.2) is 18.2 Å². The first-order valence-corrected chi connectivity index (χ1v) is 6.98. The number of benzene rings is 2. The number of ether oxygens (including phenoxy) is 1. The SMILES string of the molecule is CC/C(=N/NC(=O)COc1cccc(F)c1)c1ccccc1. The Kier molecular flexibility index (Phi) is 5.65. The highest BCUT2D eigenvalue weighted by molar-refractivity contribution is 6.00. The molecule has 0 aliphatic heterocycles. The average Bonchev–Trinajstić information content (AvgIpc) is 2.54. The number of halogens is 1. The molecule has 0 heterocycles. The Balaban J connectivity index is 1.90. The molecule has 0 atom stereocenters. The first-order valence-electron chi connectivity index (χ1n) is 6.98. The van der Waals surface area contributed by atoms with Gasteiger partial charge in [0.1, 0.15) is 11.6 Å². The molecular formula is C17H17FN2O2. The van der Waals surface area contributed by atoms with E-state index < -0.39 is 11.7 Å². The van der Waals surface area contributed by atoms with Crippen molar-refractivity contribution in [2.24, 2.45) is 5.10 Å². The zero-order valence-corrected chi connectivity index (χ0v) is 12.3. The predicted molar refractivity (Wildman–Crippen MR) is 83.3 cm³/mol. The highest BCUT2D eigenvalue weighted by atomic mass is 19.1. The van der Waals surface area contributed by atoms with Gasteiger partial charge in [0.15, 0.2) is 6.61 Å². The molecule has 0 aromatic heterocycles. The second kappa shape index (κ2) is 7.93. The van der Waals surface area contributed by atoms with Crippen molar-refractivity contribution in [1.82, 2.24) is 5.43 Å². The molecule has 0 saturated carbocycles. The largest absolute Gasteiger partial charge is 0.484 e. The summed E-state index contributed by atoms with van der Waals surface area (Å²) in [5.41, 5.74) is 4.18. The van der Waals surface area contributed by atoms with E-state index in [0.717, 1.165) is 11.3 Å². The minimum atomic E-state index is -0.409. The molecule has 2 aromatic rings. The molecule has 1 amide bonds. The van der Waals surface area contributed by atoms with Gasteiger partial charge >= 0.3 is 0 Å². The Morgan fingerprint density at radius 1 is 1.18 bits per heavy atom. The average molecular weight is 300 g/mol. The Morgan fingerprint density at radius 3 is 2.64 bits per heavy atom. The summed E-state index contributed by atoms with van der Waals surface area (Å²) in [5.74, 6) is -0.502. The van der Waals surface area contributed by atoms with Gasteiger partial charge in [-0.05, 0) is 24.1 Å². The van der Waals surface area contributed by atoms with Crippen molar-refractivity contribution in [3.8, 4) is 5.75 Å². The minimum absolute atomic E-state index is 0.223. The summed E-state index contributed by atoms with van der Waals surface area (Å²) in [6.45, 7) is 1.74. The number of hydrogen-bond donors (Lipinski definition) is 1. The number of nitrogens with zero attached hydrogens (tertiary/aromatic N) is 1. The third-order valence-electron chi connectivity index (χ3n) is 2.92. The van der Waals surface area contributed by atoms with Gasteiger partial charge in [-0.2, -0.15) is 5.10 Å². The maximum Gasteiger partial charge on any atom is 0.277 e. The van der Waals surface area contributed by atoms with Gasteiger partial charge in [-0.1, -0.05) is 43.3 Å². The van der Waals surface area contributed by atoms with Gasteiger partial charge < -0.3 is 4.74 Å². The van der Waals surface area contributed by atoms with Crippen LogP contribution < -0.4 is 10.2 Å². The van der Waals surface area contributed by atoms with Crippen LogP contribution in [0.15, 0.2) is 59.7 Å². The van der Waals surface area contributed by atoms with Gasteiger partial charge in [0.2, 0.25) is 0 Å². The highest BCUT2D eigenvalue weighted by Gasteiger charge is 2.05. The molecule has 0 spiro atoms. The number of amides is 1. The molecule has 22 heavy (non-hydrogen) atoms. The summed E-state index contributed by atoms with van der Waals surface area (Å²) < 4.78 is 18.2. The molecule has 2 rings (SSSR count). The fraction of sp³-hybridized carbons (Fsp3) is 0.176. The van der Waals surface area contributed by atoms with Crippen LogP contribution in [0.5, 0.6) is 5.75 Å². The van der Waals surface area contributed by atoms with Crippen LogP contribution in [0.25, 0.3) is 0 Å².